The van der Waals surface area contributed by atoms with E-state index >= 15 is 0 Å². The molecule has 0 heterocycles. The number of carboxylic acids is 1. The average molecular weight is 349 g/mol. The number of amides is 1. The van der Waals surface area contributed by atoms with Crippen LogP contribution in [0.5, 0.6) is 11.5 Å². The number of carbonyl (C=O) groups excluding carboxylic acids is 1. The van der Waals surface area contributed by atoms with Gasteiger partial charge in [-0.3, -0.25) is 4.79 Å². The fraction of sp³-hybridized carbons (Fsp3) is 0.176. The summed E-state index contributed by atoms with van der Waals surface area (Å²) in [6, 6.07) is 8.38. The summed E-state index contributed by atoms with van der Waals surface area (Å²) in [5.74, 6) is -1.79. The van der Waals surface area contributed by atoms with Gasteiger partial charge in [0.2, 0.25) is 0 Å². The van der Waals surface area contributed by atoms with Crippen molar-refractivity contribution in [2.45, 2.75) is 20.0 Å². The van der Waals surface area contributed by atoms with Gasteiger partial charge in [0.1, 0.15) is 5.75 Å². The van der Waals surface area contributed by atoms with E-state index in [0.717, 1.165) is 11.6 Å². The molecule has 2 aromatic carbocycles. The molecule has 0 bridgehead atoms. The monoisotopic (exact) mass is 348 g/mol. The van der Waals surface area contributed by atoms with Gasteiger partial charge in [-0.1, -0.05) is 23.7 Å². The van der Waals surface area contributed by atoms with Gasteiger partial charge in [-0.2, -0.15) is 0 Å². The molecule has 0 spiro atoms. The van der Waals surface area contributed by atoms with E-state index < -0.39 is 23.7 Å². The molecule has 2 aromatic rings. The number of anilines is 1. The Morgan fingerprint density at radius 1 is 1.25 bits per heavy atom. The van der Waals surface area contributed by atoms with Gasteiger partial charge in [0.05, 0.1) is 11.3 Å². The first-order chi connectivity index (χ1) is 11.3. The zero-order chi connectivity index (χ0) is 17.9. The summed E-state index contributed by atoms with van der Waals surface area (Å²) in [7, 11) is 0. The summed E-state index contributed by atoms with van der Waals surface area (Å²) in [5, 5.41) is 23.4. The number of rotatable bonds is 5. The molecular formula is C17H15ClNO5-. The summed E-state index contributed by atoms with van der Waals surface area (Å²) in [6.07, 6.45) is -0.876. The van der Waals surface area contributed by atoms with E-state index in [2.05, 4.69) is 5.32 Å². The van der Waals surface area contributed by atoms with Crippen molar-refractivity contribution >= 4 is 29.2 Å². The Labute approximate surface area is 143 Å². The van der Waals surface area contributed by atoms with Crippen LogP contribution in [0.25, 0.3) is 0 Å². The molecule has 6 nitrogen and oxygen atoms in total. The molecule has 0 aromatic heterocycles. The highest BCUT2D eigenvalue weighted by atomic mass is 35.5. The molecular weight excluding hydrogens is 334 g/mol. The van der Waals surface area contributed by atoms with E-state index in [0.29, 0.717) is 10.8 Å². The van der Waals surface area contributed by atoms with E-state index in [9.17, 15) is 14.7 Å². The number of hydrogen-bond acceptors (Lipinski definition) is 4. The van der Waals surface area contributed by atoms with Gasteiger partial charge in [0.25, 0.3) is 5.91 Å². The molecule has 0 aliphatic heterocycles. The number of aryl methyl sites for hydroxylation is 1. The molecule has 2 N–H and O–H groups in total. The molecule has 7 heteroatoms. The molecule has 0 radical (unpaired) electrons. The van der Waals surface area contributed by atoms with Crippen LogP contribution in [0.15, 0.2) is 36.4 Å². The minimum Gasteiger partial charge on any atom is -0.872 e. The Morgan fingerprint density at radius 2 is 1.96 bits per heavy atom. The molecule has 1 atom stereocenters. The number of ether oxygens (including phenoxy) is 1. The fourth-order valence-electron chi connectivity index (χ4n) is 2.03. The third-order valence-corrected chi connectivity index (χ3v) is 3.52. The van der Waals surface area contributed by atoms with E-state index in [1.165, 1.54) is 19.1 Å². The number of benzene rings is 2. The van der Waals surface area contributed by atoms with Gasteiger partial charge in [0, 0.05) is 5.02 Å². The van der Waals surface area contributed by atoms with Crippen molar-refractivity contribution in [1.29, 1.82) is 0 Å². The summed E-state index contributed by atoms with van der Waals surface area (Å²) < 4.78 is 5.58. The van der Waals surface area contributed by atoms with Crippen molar-refractivity contribution in [2.75, 3.05) is 5.32 Å². The number of carbonyl (C=O) groups is 2. The predicted molar refractivity (Wildman–Crippen MR) is 87.8 cm³/mol. The SMILES string of the molecule is Cc1cc(Cl)ccc1O[C@@H](C)C(=O)Nc1ccc([O-])cc1C(=O)O. The summed E-state index contributed by atoms with van der Waals surface area (Å²) >= 11 is 5.87. The lowest BCUT2D eigenvalue weighted by atomic mass is 10.1. The van der Waals surface area contributed by atoms with Gasteiger partial charge in [-0.05, 0) is 43.7 Å². The van der Waals surface area contributed by atoms with E-state index in [1.807, 2.05) is 0 Å². The maximum atomic E-state index is 12.2. The Balaban J connectivity index is 2.13. The lowest BCUT2D eigenvalue weighted by molar-refractivity contribution is -0.268. The van der Waals surface area contributed by atoms with Crippen molar-refractivity contribution in [3.05, 3.63) is 52.5 Å². The number of nitrogens with one attached hydrogen (secondary N) is 1. The molecule has 0 saturated carbocycles. The minimum atomic E-state index is -1.30. The lowest BCUT2D eigenvalue weighted by Crippen LogP contribution is -2.31. The standard InChI is InChI=1S/C17H16ClNO5/c1-9-7-11(18)3-6-15(9)24-10(2)16(21)19-14-5-4-12(20)8-13(14)17(22)23/h3-8,10,20H,1-2H3,(H,19,21)(H,22,23)/p-1/t10-/m0/s1. The third-order valence-electron chi connectivity index (χ3n) is 3.29. The average Bonchev–Trinajstić information content (AvgIpc) is 2.51. The van der Waals surface area contributed by atoms with Crippen LogP contribution in [-0.2, 0) is 4.79 Å². The zero-order valence-corrected chi connectivity index (χ0v) is 13.8. The predicted octanol–water partition coefficient (Wildman–Crippen LogP) is 2.83. The van der Waals surface area contributed by atoms with Gasteiger partial charge in [-0.15, -0.1) is 5.75 Å². The molecule has 0 saturated heterocycles. The smallest absolute Gasteiger partial charge is 0.337 e. The normalized spacial score (nSPS) is 11.6. The zero-order valence-electron chi connectivity index (χ0n) is 13.0. The van der Waals surface area contributed by atoms with Crippen LogP contribution in [-0.4, -0.2) is 23.1 Å². The number of hydrogen-bond donors (Lipinski definition) is 2. The molecule has 24 heavy (non-hydrogen) atoms. The minimum absolute atomic E-state index is 0.0374. The molecule has 1 amide bonds. The van der Waals surface area contributed by atoms with Gasteiger partial charge in [-0.25, -0.2) is 4.79 Å². The van der Waals surface area contributed by atoms with E-state index in [1.54, 1.807) is 25.1 Å². The second kappa shape index (κ2) is 7.23. The van der Waals surface area contributed by atoms with Gasteiger partial charge >= 0.3 is 5.97 Å². The summed E-state index contributed by atoms with van der Waals surface area (Å²) in [5.41, 5.74) is 0.533. The first-order valence-electron chi connectivity index (χ1n) is 7.06. The van der Waals surface area contributed by atoms with Crippen LogP contribution in [0.4, 0.5) is 5.69 Å². The maximum absolute atomic E-state index is 12.2. The second-order valence-electron chi connectivity index (χ2n) is 5.17. The maximum Gasteiger partial charge on any atom is 0.337 e. The molecule has 0 fully saturated rings. The topological polar surface area (TPSA) is 98.7 Å². The molecule has 2 rings (SSSR count). The number of halogens is 1. The molecule has 0 unspecified atom stereocenters. The van der Waals surface area contributed by atoms with Crippen molar-refractivity contribution in [2.24, 2.45) is 0 Å². The van der Waals surface area contributed by atoms with Crippen LogP contribution in [0.3, 0.4) is 0 Å². The first-order valence-corrected chi connectivity index (χ1v) is 7.43. The van der Waals surface area contributed by atoms with Crippen LogP contribution in [0.2, 0.25) is 5.02 Å². The van der Waals surface area contributed by atoms with Crippen molar-refractivity contribution in [1.82, 2.24) is 0 Å². The quantitative estimate of drug-likeness (QED) is 0.865. The highest BCUT2D eigenvalue weighted by Crippen LogP contribution is 2.24. The third kappa shape index (κ3) is 4.17. The Morgan fingerprint density at radius 3 is 2.58 bits per heavy atom. The number of carboxylic acid groups (broad SMARTS) is 1. The Bertz CT molecular complexity index is 791. The molecule has 126 valence electrons. The van der Waals surface area contributed by atoms with Crippen LogP contribution < -0.4 is 15.2 Å². The van der Waals surface area contributed by atoms with Crippen molar-refractivity contribution in [3.63, 3.8) is 0 Å². The summed E-state index contributed by atoms with van der Waals surface area (Å²) in [6.45, 7) is 3.33. The largest absolute Gasteiger partial charge is 0.872 e. The van der Waals surface area contributed by atoms with Crippen LogP contribution in [0.1, 0.15) is 22.8 Å². The van der Waals surface area contributed by atoms with E-state index in [-0.39, 0.29) is 11.3 Å². The Hall–Kier alpha value is -2.73. The first kappa shape index (κ1) is 17.6. The van der Waals surface area contributed by atoms with Crippen LogP contribution >= 0.6 is 11.6 Å². The van der Waals surface area contributed by atoms with Crippen molar-refractivity contribution in [3.8, 4) is 11.5 Å². The molecule has 0 aliphatic rings. The van der Waals surface area contributed by atoms with Crippen LogP contribution in [0, 0.1) is 6.92 Å². The highest BCUT2D eigenvalue weighted by Gasteiger charge is 2.19. The fourth-order valence-corrected chi connectivity index (χ4v) is 2.26. The second-order valence-corrected chi connectivity index (χ2v) is 5.61. The van der Waals surface area contributed by atoms with Gasteiger partial charge < -0.3 is 20.3 Å². The van der Waals surface area contributed by atoms with E-state index in [4.69, 9.17) is 21.4 Å². The van der Waals surface area contributed by atoms with Crippen molar-refractivity contribution < 1.29 is 24.5 Å². The van der Waals surface area contributed by atoms with Gasteiger partial charge in [0.15, 0.2) is 6.10 Å². The summed E-state index contributed by atoms with van der Waals surface area (Å²) in [4.78, 5) is 23.4. The number of aromatic carboxylic acids is 1. The highest BCUT2D eigenvalue weighted by molar-refractivity contribution is 6.30. The Kier molecular flexibility index (Phi) is 5.31. The lowest BCUT2D eigenvalue weighted by Gasteiger charge is -2.18. The molecule has 0 aliphatic carbocycles.